The van der Waals surface area contributed by atoms with Crippen LogP contribution in [0.15, 0.2) is 70.6 Å². The Bertz CT molecular complexity index is 2570. The van der Waals surface area contributed by atoms with Gasteiger partial charge in [0.25, 0.3) is 0 Å². The molecule has 0 atom stereocenters. The Morgan fingerprint density at radius 2 is 0.613 bits per heavy atom. The maximum atomic E-state index is 11.4. The van der Waals surface area contributed by atoms with Gasteiger partial charge in [-0.25, -0.2) is 9.59 Å². The van der Waals surface area contributed by atoms with E-state index in [1.807, 2.05) is 13.8 Å². The summed E-state index contributed by atoms with van der Waals surface area (Å²) < 4.78 is 0. The number of aryl methyl sites for hydroxylation is 2. The van der Waals surface area contributed by atoms with Gasteiger partial charge in [-0.2, -0.15) is 0 Å². The normalized spacial score (nSPS) is 11.4. The van der Waals surface area contributed by atoms with E-state index in [0.29, 0.717) is 24.0 Å². The number of aliphatic imine (C=N–C) groups is 2. The molecule has 0 unspecified atom stereocenters. The van der Waals surface area contributed by atoms with Crippen LogP contribution >= 0.6 is 0 Å². The number of nitrogens with zero attached hydrogens (tertiary/aromatic N) is 4. The van der Waals surface area contributed by atoms with Crippen molar-refractivity contribution >= 4 is 46.1 Å². The van der Waals surface area contributed by atoms with Gasteiger partial charge < -0.3 is 40.4 Å². The maximum Gasteiger partial charge on any atom is 2.00 e. The molecule has 0 aliphatic heterocycles. The molecule has 4 N–H and O–H groups in total. The largest absolute Gasteiger partial charge is 2.00 e. The Labute approximate surface area is 575 Å². The predicted molar refractivity (Wildman–Crippen MR) is 389 cm³/mol. The zero-order valence-electron chi connectivity index (χ0n) is 60.0. The molecule has 0 heterocycles. The average Bonchev–Trinajstić information content (AvgIpc) is 0.848. The second-order valence-electron chi connectivity index (χ2n) is 25.5. The van der Waals surface area contributed by atoms with Crippen LogP contribution in [-0.4, -0.2) is 70.0 Å². The molecule has 4 aromatic rings. The van der Waals surface area contributed by atoms with Crippen LogP contribution in [0, 0.1) is 13.8 Å². The first-order valence-electron chi connectivity index (χ1n) is 36.9. The fourth-order valence-corrected chi connectivity index (χ4v) is 12.2. The van der Waals surface area contributed by atoms with Gasteiger partial charge in [0.15, 0.2) is 0 Å². The fourth-order valence-electron chi connectivity index (χ4n) is 12.2. The van der Waals surface area contributed by atoms with Crippen LogP contribution in [0.5, 0.6) is 23.0 Å². The predicted octanol–water partition coefficient (Wildman–Crippen LogP) is 22.4. The number of phenolic OH excluding ortho intramolecular Hbond substituents is 2. The number of carboxylic acids is 2. The number of hydrogen-bond acceptors (Lipinski definition) is 10. The summed E-state index contributed by atoms with van der Waals surface area (Å²) in [4.78, 5) is 37.3. The van der Waals surface area contributed by atoms with Crippen LogP contribution < -0.4 is 20.0 Å². The van der Waals surface area contributed by atoms with Crippen LogP contribution in [0.2, 0.25) is 0 Å². The molecule has 0 saturated carbocycles. The second-order valence-corrected chi connectivity index (χ2v) is 25.5. The Balaban J connectivity index is 0.00000105. The summed E-state index contributed by atoms with van der Waals surface area (Å²) >= 11 is 0. The third-order valence-electron chi connectivity index (χ3n) is 18.1. The Hall–Kier alpha value is -5.55. The van der Waals surface area contributed by atoms with Crippen molar-refractivity contribution in [1.29, 1.82) is 0 Å². The quantitative estimate of drug-likeness (QED) is 0.0188. The summed E-state index contributed by atoms with van der Waals surface area (Å²) in [5.41, 5.74) is 8.79. The number of aromatic carboxylic acids is 2. The van der Waals surface area contributed by atoms with Gasteiger partial charge in [0.2, 0.25) is 0 Å². The molecule has 93 heavy (non-hydrogen) atoms. The van der Waals surface area contributed by atoms with Crippen LogP contribution in [0.25, 0.3) is 0 Å². The van der Waals surface area contributed by atoms with E-state index in [9.17, 15) is 30.0 Å². The molecular formula is C80H128N4NiO8. The maximum absolute atomic E-state index is 11.4. The molecule has 0 aliphatic carbocycles. The number of phenols is 2. The van der Waals surface area contributed by atoms with E-state index < -0.39 is 34.9 Å². The molecule has 0 amide bonds. The van der Waals surface area contributed by atoms with Crippen LogP contribution in [0.3, 0.4) is 0 Å². The Kier molecular flexibility index (Phi) is 49.3. The smallest absolute Gasteiger partial charge is 0.869 e. The van der Waals surface area contributed by atoms with Crippen molar-refractivity contribution < 1.29 is 56.7 Å². The summed E-state index contributed by atoms with van der Waals surface area (Å²) in [5.74, 6) is -5.12. The topological polar surface area (TPSA) is 192 Å². The monoisotopic (exact) mass is 1330 g/mol. The van der Waals surface area contributed by atoms with Crippen molar-refractivity contribution in [2.24, 2.45) is 9.98 Å². The standard InChI is InChI=1S/C56H98N4.2C12H16O4.Ni/c1-7-13-15-17-18-19-20-21-22-23-24-25-26-27-28-29-30-31-32-33-34-35-36-37-38-40-42-56(58-52-45-49-54(50-46-52)60(11-5)12-6)55(41-39-16-14-8-2)57-51-43-47-53(48-44-51)59(9-3)10-4;2*1-3-4-5-8-6-9(13)11(14)10(7(8)2)12(15)16;/h43-50H,7-42H2,1-6H3;2*6,13-14H,3-5H2,1-2H3,(H,15,16);/q;;;+2/p-2. The molecule has 4 rings (SSSR count). The summed E-state index contributed by atoms with van der Waals surface area (Å²) in [6, 6.07) is 20.6. The van der Waals surface area contributed by atoms with E-state index in [4.69, 9.17) is 20.2 Å². The van der Waals surface area contributed by atoms with E-state index in [1.54, 1.807) is 13.8 Å². The van der Waals surface area contributed by atoms with Gasteiger partial charge in [-0.3, -0.25) is 9.98 Å². The van der Waals surface area contributed by atoms with E-state index in [1.165, 1.54) is 228 Å². The minimum absolute atomic E-state index is 0. The number of aromatic hydroxyl groups is 2. The Morgan fingerprint density at radius 1 is 0.376 bits per heavy atom. The van der Waals surface area contributed by atoms with Crippen molar-refractivity contribution in [3.63, 3.8) is 0 Å². The number of hydrogen-bond donors (Lipinski definition) is 4. The van der Waals surface area contributed by atoms with Crippen molar-refractivity contribution in [2.45, 2.75) is 313 Å². The molecule has 0 aromatic heterocycles. The van der Waals surface area contributed by atoms with Crippen molar-refractivity contribution in [1.82, 2.24) is 0 Å². The summed E-state index contributed by atoms with van der Waals surface area (Å²) in [6.45, 7) is 24.9. The van der Waals surface area contributed by atoms with Gasteiger partial charge in [-0.15, -0.1) is 0 Å². The van der Waals surface area contributed by atoms with Gasteiger partial charge in [-0.05, 0) is 176 Å². The molecule has 13 heteroatoms. The van der Waals surface area contributed by atoms with E-state index in [0.717, 1.165) is 87.2 Å². The number of carbonyl (C=O) groups is 2. The molecule has 0 spiro atoms. The number of unbranched alkanes of at least 4 members (excludes halogenated alkanes) is 30. The molecular weight excluding hydrogens is 1200 g/mol. The first-order valence-corrected chi connectivity index (χ1v) is 36.9. The first kappa shape index (κ1) is 85.5. The fraction of sp³-hybridized carbons (Fsp3) is 0.650. The van der Waals surface area contributed by atoms with Crippen LogP contribution in [0.1, 0.15) is 330 Å². The van der Waals surface area contributed by atoms with Gasteiger partial charge in [-0.1, -0.05) is 232 Å². The summed E-state index contributed by atoms with van der Waals surface area (Å²) in [5, 5.41) is 59.4. The van der Waals surface area contributed by atoms with E-state index >= 15 is 0 Å². The third-order valence-corrected chi connectivity index (χ3v) is 18.1. The van der Waals surface area contributed by atoms with Crippen molar-refractivity contribution in [3.05, 3.63) is 94.0 Å². The van der Waals surface area contributed by atoms with Gasteiger partial charge in [0.05, 0.1) is 33.9 Å². The molecule has 0 bridgehead atoms. The summed E-state index contributed by atoms with van der Waals surface area (Å²) in [6.07, 6.45) is 49.2. The molecule has 526 valence electrons. The van der Waals surface area contributed by atoms with Crippen LogP contribution in [-0.2, 0) is 29.3 Å². The number of carboxylic acid groups (broad SMARTS) is 2. The number of benzene rings is 4. The van der Waals surface area contributed by atoms with E-state index in [-0.39, 0.29) is 27.6 Å². The second kappa shape index (κ2) is 53.7. The van der Waals surface area contributed by atoms with Gasteiger partial charge in [0.1, 0.15) is 11.5 Å². The zero-order valence-corrected chi connectivity index (χ0v) is 61.0. The van der Waals surface area contributed by atoms with Gasteiger partial charge in [0, 0.05) is 37.6 Å². The first-order chi connectivity index (χ1) is 44.6. The summed E-state index contributed by atoms with van der Waals surface area (Å²) in [7, 11) is 0. The van der Waals surface area contributed by atoms with E-state index in [2.05, 4.69) is 99.9 Å². The molecule has 0 radical (unpaired) electrons. The molecule has 0 aliphatic rings. The van der Waals surface area contributed by atoms with Crippen LogP contribution in [0.4, 0.5) is 22.7 Å². The minimum atomic E-state index is -1.28. The number of rotatable bonds is 49. The van der Waals surface area contributed by atoms with Gasteiger partial charge >= 0.3 is 28.4 Å². The molecule has 0 saturated heterocycles. The third kappa shape index (κ3) is 35.1. The SMILES string of the molecule is CCCCCCCCCCCCCCCCCCCCCCCCCCCCC(=Nc1ccc(N(CC)CC)cc1)C(CCCCCC)=Nc1ccc(N(CC)CC)cc1.CCCCc1cc(O)c([O-])c(C(=O)O)c1C.CCCCc1cc(O)c([O-])c(C(=O)O)c1C.[Ni+2]. The minimum Gasteiger partial charge on any atom is -0.869 e. The Morgan fingerprint density at radius 3 is 0.849 bits per heavy atom. The molecule has 4 aromatic carbocycles. The van der Waals surface area contributed by atoms with Crippen molar-refractivity contribution in [2.75, 3.05) is 36.0 Å². The average molecular weight is 1330 g/mol. The zero-order chi connectivity index (χ0) is 67.7. The molecule has 0 fully saturated rings. The van der Waals surface area contributed by atoms with Crippen molar-refractivity contribution in [3.8, 4) is 23.0 Å². The number of anilines is 2. The molecule has 12 nitrogen and oxygen atoms in total.